The smallest absolute Gasteiger partial charge is 0.328 e. The average molecular weight is 509 g/mol. The molecule has 2 amide bonds. The number of ether oxygens (including phenoxy) is 1. The Balaban J connectivity index is 1.67. The van der Waals surface area contributed by atoms with Crippen LogP contribution in [0, 0.1) is 5.82 Å². The number of carbonyl (C=O) groups excluding carboxylic acids is 2. The molecule has 1 aromatic heterocycles. The summed E-state index contributed by atoms with van der Waals surface area (Å²) in [6, 6.07) is 9.91. The third-order valence-corrected chi connectivity index (χ3v) is 6.39. The highest BCUT2D eigenvalue weighted by molar-refractivity contribution is 5.98. The van der Waals surface area contributed by atoms with Gasteiger partial charge in [0.1, 0.15) is 24.2 Å². The first kappa shape index (κ1) is 25.9. The summed E-state index contributed by atoms with van der Waals surface area (Å²) in [5.74, 6) is -0.817. The van der Waals surface area contributed by atoms with Gasteiger partial charge in [-0.1, -0.05) is 32.9 Å². The standard InChI is InChI=1S/C27H29FN4O5/c1-27(2,3)20-8-5-17(14-21(20)28)29-25(35)24-19-7-6-18(37-4)13-16(19)9-12-32(24)23(34)15-31-11-10-22(33)30-26(31)36/h5-8,10-11,13-14,24H,9,12,15H2,1-4H3,(H,29,35)(H,30,33,36). The molecule has 2 heterocycles. The van der Waals surface area contributed by atoms with Crippen molar-refractivity contribution >= 4 is 17.5 Å². The third kappa shape index (κ3) is 5.47. The number of carbonyl (C=O) groups is 2. The molecule has 1 aliphatic rings. The summed E-state index contributed by atoms with van der Waals surface area (Å²) in [6.45, 7) is 5.54. The van der Waals surface area contributed by atoms with Crippen molar-refractivity contribution in [3.8, 4) is 5.75 Å². The van der Waals surface area contributed by atoms with Crippen LogP contribution in [0.15, 0.2) is 58.3 Å². The minimum absolute atomic E-state index is 0.215. The number of halogens is 1. The summed E-state index contributed by atoms with van der Waals surface area (Å²) < 4.78 is 21.2. The fourth-order valence-corrected chi connectivity index (χ4v) is 4.50. The summed E-state index contributed by atoms with van der Waals surface area (Å²) in [7, 11) is 1.54. The number of nitrogens with one attached hydrogen (secondary N) is 2. The number of amides is 2. The van der Waals surface area contributed by atoms with E-state index in [1.54, 1.807) is 31.4 Å². The maximum atomic E-state index is 14.8. The predicted octanol–water partition coefficient (Wildman–Crippen LogP) is 2.75. The topological polar surface area (TPSA) is 114 Å². The van der Waals surface area contributed by atoms with Crippen molar-refractivity contribution in [3.05, 3.63) is 92.0 Å². The number of nitrogens with zero attached hydrogens (tertiary/aromatic N) is 2. The van der Waals surface area contributed by atoms with Crippen molar-refractivity contribution < 1.29 is 18.7 Å². The van der Waals surface area contributed by atoms with E-state index in [1.165, 1.54) is 17.2 Å². The van der Waals surface area contributed by atoms with E-state index >= 15 is 0 Å². The van der Waals surface area contributed by atoms with Crippen LogP contribution in [-0.2, 0) is 28.0 Å². The van der Waals surface area contributed by atoms with E-state index in [-0.39, 0.29) is 18.8 Å². The maximum absolute atomic E-state index is 14.8. The van der Waals surface area contributed by atoms with Gasteiger partial charge in [-0.15, -0.1) is 0 Å². The van der Waals surface area contributed by atoms with Crippen LogP contribution in [0.5, 0.6) is 5.75 Å². The largest absolute Gasteiger partial charge is 0.497 e. The molecule has 9 nitrogen and oxygen atoms in total. The van der Waals surface area contributed by atoms with Crippen LogP contribution < -0.4 is 21.3 Å². The van der Waals surface area contributed by atoms with E-state index in [2.05, 4.69) is 10.3 Å². The van der Waals surface area contributed by atoms with Gasteiger partial charge in [-0.3, -0.25) is 23.9 Å². The maximum Gasteiger partial charge on any atom is 0.328 e. The Bertz CT molecular complexity index is 1470. The number of aromatic nitrogens is 2. The lowest BCUT2D eigenvalue weighted by Gasteiger charge is -2.36. The summed E-state index contributed by atoms with van der Waals surface area (Å²) in [5.41, 5.74) is 0.536. The van der Waals surface area contributed by atoms with Crippen LogP contribution in [0.2, 0.25) is 0 Å². The number of benzene rings is 2. The molecule has 37 heavy (non-hydrogen) atoms. The Hall–Kier alpha value is -4.21. The molecule has 0 saturated heterocycles. The number of fused-ring (bicyclic) bond motifs is 1. The van der Waals surface area contributed by atoms with Gasteiger partial charge in [0.15, 0.2) is 0 Å². The van der Waals surface area contributed by atoms with Gasteiger partial charge in [-0.25, -0.2) is 9.18 Å². The van der Waals surface area contributed by atoms with E-state index < -0.39 is 40.3 Å². The summed E-state index contributed by atoms with van der Waals surface area (Å²) >= 11 is 0. The van der Waals surface area contributed by atoms with Gasteiger partial charge in [0.2, 0.25) is 5.91 Å². The van der Waals surface area contributed by atoms with Crippen LogP contribution in [0.1, 0.15) is 43.5 Å². The number of hydrogen-bond acceptors (Lipinski definition) is 5. The van der Waals surface area contributed by atoms with Gasteiger partial charge < -0.3 is 15.0 Å². The quantitative estimate of drug-likeness (QED) is 0.550. The Morgan fingerprint density at radius 2 is 1.89 bits per heavy atom. The molecule has 0 saturated carbocycles. The first-order valence-electron chi connectivity index (χ1n) is 11.8. The van der Waals surface area contributed by atoms with E-state index in [1.807, 2.05) is 26.8 Å². The first-order chi connectivity index (χ1) is 17.5. The number of hydrogen-bond donors (Lipinski definition) is 2. The second-order valence-electron chi connectivity index (χ2n) is 9.98. The fraction of sp³-hybridized carbons (Fsp3) is 0.333. The van der Waals surface area contributed by atoms with Crippen LogP contribution in [0.25, 0.3) is 0 Å². The van der Waals surface area contributed by atoms with Crippen LogP contribution in [-0.4, -0.2) is 39.9 Å². The van der Waals surface area contributed by atoms with Crippen molar-refractivity contribution in [1.29, 1.82) is 0 Å². The molecular formula is C27H29FN4O5. The lowest BCUT2D eigenvalue weighted by atomic mass is 9.86. The van der Waals surface area contributed by atoms with Crippen molar-refractivity contribution in [2.24, 2.45) is 0 Å². The molecule has 10 heteroatoms. The zero-order valence-electron chi connectivity index (χ0n) is 21.1. The highest BCUT2D eigenvalue weighted by Crippen LogP contribution is 2.34. The van der Waals surface area contributed by atoms with E-state index in [0.717, 1.165) is 16.2 Å². The Morgan fingerprint density at radius 3 is 2.54 bits per heavy atom. The molecular weight excluding hydrogens is 479 g/mol. The van der Waals surface area contributed by atoms with Gasteiger partial charge >= 0.3 is 5.69 Å². The zero-order valence-corrected chi connectivity index (χ0v) is 21.1. The number of methoxy groups -OCH3 is 1. The molecule has 1 atom stereocenters. The number of rotatable bonds is 5. The highest BCUT2D eigenvalue weighted by atomic mass is 19.1. The van der Waals surface area contributed by atoms with Gasteiger partial charge in [0, 0.05) is 24.5 Å². The van der Waals surface area contributed by atoms with Crippen LogP contribution in [0.3, 0.4) is 0 Å². The fourth-order valence-electron chi connectivity index (χ4n) is 4.50. The molecule has 4 rings (SSSR count). The molecule has 0 spiro atoms. The Labute approximate surface area is 212 Å². The molecule has 3 aromatic rings. The Morgan fingerprint density at radius 1 is 1.14 bits per heavy atom. The first-order valence-corrected chi connectivity index (χ1v) is 11.8. The summed E-state index contributed by atoms with van der Waals surface area (Å²) in [5, 5.41) is 2.75. The zero-order chi connectivity index (χ0) is 26.9. The minimum atomic E-state index is -1.02. The van der Waals surface area contributed by atoms with E-state index in [0.29, 0.717) is 23.3 Å². The molecule has 194 valence electrons. The molecule has 2 aromatic carbocycles. The van der Waals surface area contributed by atoms with Gasteiger partial charge in [0.05, 0.1) is 7.11 Å². The molecule has 0 aliphatic carbocycles. The predicted molar refractivity (Wildman–Crippen MR) is 136 cm³/mol. The van der Waals surface area contributed by atoms with Crippen molar-refractivity contribution in [2.45, 2.75) is 45.2 Å². The van der Waals surface area contributed by atoms with E-state index in [9.17, 15) is 23.6 Å². The Kier molecular flexibility index (Phi) is 7.02. The number of H-pyrrole nitrogens is 1. The second-order valence-corrected chi connectivity index (χ2v) is 9.98. The van der Waals surface area contributed by atoms with Crippen LogP contribution in [0.4, 0.5) is 10.1 Å². The van der Waals surface area contributed by atoms with E-state index in [4.69, 9.17) is 4.74 Å². The van der Waals surface area contributed by atoms with Gasteiger partial charge in [-0.2, -0.15) is 0 Å². The average Bonchev–Trinajstić information content (AvgIpc) is 2.83. The van der Waals surface area contributed by atoms with Crippen molar-refractivity contribution in [3.63, 3.8) is 0 Å². The number of aromatic amines is 1. The second kappa shape index (κ2) is 10.0. The highest BCUT2D eigenvalue weighted by Gasteiger charge is 2.36. The monoisotopic (exact) mass is 508 g/mol. The van der Waals surface area contributed by atoms with Gasteiger partial charge in [-0.05, 0) is 52.8 Å². The molecule has 0 fully saturated rings. The summed E-state index contributed by atoms with van der Waals surface area (Å²) in [4.78, 5) is 53.9. The molecule has 2 N–H and O–H groups in total. The molecule has 1 unspecified atom stereocenters. The third-order valence-electron chi connectivity index (χ3n) is 6.39. The number of anilines is 1. The SMILES string of the molecule is COc1ccc2c(c1)CCN(C(=O)Cn1ccc(=O)[nH]c1=O)C2C(=O)Nc1ccc(C(C)(C)C)c(F)c1. The van der Waals surface area contributed by atoms with Crippen LogP contribution >= 0.6 is 0 Å². The summed E-state index contributed by atoms with van der Waals surface area (Å²) in [6.07, 6.45) is 1.70. The molecule has 1 aliphatic heterocycles. The molecule has 0 bridgehead atoms. The van der Waals surface area contributed by atoms with Gasteiger partial charge in [0.25, 0.3) is 11.5 Å². The van der Waals surface area contributed by atoms with Crippen molar-refractivity contribution in [1.82, 2.24) is 14.5 Å². The van der Waals surface area contributed by atoms with Crippen molar-refractivity contribution in [2.75, 3.05) is 19.0 Å². The lowest BCUT2D eigenvalue weighted by molar-refractivity contribution is -0.140. The lowest BCUT2D eigenvalue weighted by Crippen LogP contribution is -2.47. The normalized spacial score (nSPS) is 15.2. The molecule has 0 radical (unpaired) electrons. The minimum Gasteiger partial charge on any atom is -0.497 e.